The van der Waals surface area contributed by atoms with Gasteiger partial charge in [-0.2, -0.15) is 0 Å². The van der Waals surface area contributed by atoms with Crippen LogP contribution < -0.4 is 9.47 Å². The van der Waals surface area contributed by atoms with E-state index in [1.54, 1.807) is 19.2 Å². The number of ether oxygens (including phenoxy) is 4. The molecule has 216 valence electrons. The summed E-state index contributed by atoms with van der Waals surface area (Å²) in [6.07, 6.45) is 1.99. The van der Waals surface area contributed by atoms with Crippen LogP contribution in [-0.4, -0.2) is 53.2 Å². The van der Waals surface area contributed by atoms with E-state index in [1.165, 1.54) is 12.1 Å². The van der Waals surface area contributed by atoms with Crippen molar-refractivity contribution in [1.29, 1.82) is 0 Å². The zero-order valence-corrected chi connectivity index (χ0v) is 23.5. The van der Waals surface area contributed by atoms with E-state index in [4.69, 9.17) is 29.0 Å². The normalized spacial score (nSPS) is 19.3. The quantitative estimate of drug-likeness (QED) is 0.263. The van der Waals surface area contributed by atoms with E-state index in [-0.39, 0.29) is 12.6 Å². The number of aliphatic hydroxyl groups excluding tert-OH is 1. The summed E-state index contributed by atoms with van der Waals surface area (Å²) in [5, 5.41) is 9.03. The molecule has 0 spiro atoms. The van der Waals surface area contributed by atoms with Crippen LogP contribution in [-0.2, 0) is 35.0 Å². The minimum absolute atomic E-state index is 0.285. The predicted molar refractivity (Wildman–Crippen MR) is 152 cm³/mol. The minimum Gasteiger partial charge on any atom is -0.445 e. The summed E-state index contributed by atoms with van der Waals surface area (Å²) in [5.74, 6) is 1.61. The number of rotatable bonds is 10. The number of para-hydroxylation sites is 1. The molecule has 8 nitrogen and oxygen atoms in total. The summed E-state index contributed by atoms with van der Waals surface area (Å²) in [6, 6.07) is 18.5. The van der Waals surface area contributed by atoms with Crippen molar-refractivity contribution in [1.82, 2.24) is 14.5 Å². The molecule has 9 heteroatoms. The Bertz CT molecular complexity index is 1500. The lowest BCUT2D eigenvalue weighted by Gasteiger charge is -2.32. The molecular formula is C32H36FN3O5. The van der Waals surface area contributed by atoms with Crippen LogP contribution in [0, 0.1) is 5.82 Å². The van der Waals surface area contributed by atoms with Gasteiger partial charge >= 0.3 is 0 Å². The summed E-state index contributed by atoms with van der Waals surface area (Å²) >= 11 is 0. The number of fused-ring (bicyclic) bond motifs is 2. The van der Waals surface area contributed by atoms with Crippen molar-refractivity contribution in [2.75, 3.05) is 33.6 Å². The number of halogens is 1. The van der Waals surface area contributed by atoms with E-state index in [2.05, 4.69) is 21.6 Å². The fourth-order valence-electron chi connectivity index (χ4n) is 5.97. The Morgan fingerprint density at radius 1 is 1.07 bits per heavy atom. The summed E-state index contributed by atoms with van der Waals surface area (Å²) in [7, 11) is 1.71. The first-order chi connectivity index (χ1) is 20.0. The van der Waals surface area contributed by atoms with Crippen molar-refractivity contribution in [3.8, 4) is 11.5 Å². The van der Waals surface area contributed by atoms with Crippen LogP contribution in [0.5, 0.6) is 11.5 Å². The number of imidazole rings is 1. The number of piperidine rings is 1. The van der Waals surface area contributed by atoms with Crippen molar-refractivity contribution in [2.24, 2.45) is 0 Å². The van der Waals surface area contributed by atoms with Gasteiger partial charge in [-0.05, 0) is 79.9 Å². The lowest BCUT2D eigenvalue weighted by molar-refractivity contribution is -0.0685. The first kappa shape index (κ1) is 27.7. The van der Waals surface area contributed by atoms with Crippen molar-refractivity contribution in [2.45, 2.75) is 51.2 Å². The fourth-order valence-corrected chi connectivity index (χ4v) is 5.97. The zero-order chi connectivity index (χ0) is 28.4. The molecule has 1 aromatic heterocycles. The van der Waals surface area contributed by atoms with E-state index in [1.807, 2.05) is 31.2 Å². The topological polar surface area (TPSA) is 78.2 Å². The second kappa shape index (κ2) is 11.8. The summed E-state index contributed by atoms with van der Waals surface area (Å²) in [5.41, 5.74) is 4.93. The molecule has 1 unspecified atom stereocenters. The SMILES string of the molecule is COCCn1c(CN2CCC(c3cccc4c3OC(C)(c3ccc(F)cc3)O4)CC2)nc2ccc(COCO)cc21. The second-order valence-electron chi connectivity index (χ2n) is 10.9. The number of aliphatic hydroxyl groups is 1. The maximum absolute atomic E-state index is 13.5. The van der Waals surface area contributed by atoms with E-state index >= 15 is 0 Å². The number of hydrogen-bond donors (Lipinski definition) is 1. The van der Waals surface area contributed by atoms with Gasteiger partial charge in [0.2, 0.25) is 0 Å². The van der Waals surface area contributed by atoms with Gasteiger partial charge < -0.3 is 28.6 Å². The Balaban J connectivity index is 1.16. The van der Waals surface area contributed by atoms with Gasteiger partial charge in [-0.3, -0.25) is 4.90 Å². The maximum Gasteiger partial charge on any atom is 0.275 e. The van der Waals surface area contributed by atoms with Gasteiger partial charge in [0, 0.05) is 31.7 Å². The van der Waals surface area contributed by atoms with Crippen molar-refractivity contribution in [3.05, 3.63) is 89.0 Å². The Hall–Kier alpha value is -3.50. The molecule has 0 bridgehead atoms. The number of nitrogens with zero attached hydrogens (tertiary/aromatic N) is 3. The average Bonchev–Trinajstić information content (AvgIpc) is 3.52. The molecule has 1 saturated heterocycles. The molecule has 0 aliphatic carbocycles. The fraction of sp³-hybridized carbons (Fsp3) is 0.406. The first-order valence-electron chi connectivity index (χ1n) is 14.1. The highest BCUT2D eigenvalue weighted by Gasteiger charge is 2.41. The van der Waals surface area contributed by atoms with Crippen LogP contribution in [0.4, 0.5) is 4.39 Å². The van der Waals surface area contributed by atoms with Gasteiger partial charge in [0.25, 0.3) is 5.79 Å². The molecule has 4 aromatic rings. The molecule has 0 radical (unpaired) electrons. The van der Waals surface area contributed by atoms with Crippen LogP contribution >= 0.6 is 0 Å². The molecule has 1 atom stereocenters. The third-order valence-electron chi connectivity index (χ3n) is 8.14. The lowest BCUT2D eigenvalue weighted by Crippen LogP contribution is -2.34. The van der Waals surface area contributed by atoms with Crippen molar-refractivity contribution < 1.29 is 28.4 Å². The molecule has 1 N–H and O–H groups in total. The third kappa shape index (κ3) is 5.67. The van der Waals surface area contributed by atoms with Crippen LogP contribution in [0.25, 0.3) is 11.0 Å². The summed E-state index contributed by atoms with van der Waals surface area (Å²) in [4.78, 5) is 7.43. The van der Waals surface area contributed by atoms with E-state index in [0.717, 1.165) is 77.5 Å². The van der Waals surface area contributed by atoms with Gasteiger partial charge in [-0.25, -0.2) is 9.37 Å². The monoisotopic (exact) mass is 561 g/mol. The van der Waals surface area contributed by atoms with Crippen LogP contribution in [0.2, 0.25) is 0 Å². The Labute approximate surface area is 239 Å². The Morgan fingerprint density at radius 2 is 1.88 bits per heavy atom. The standard InChI is InChI=1S/C32H36FN3O5/c1-32(24-7-9-25(33)10-8-24)40-29-5-3-4-26(31(29)41-32)23-12-14-35(15-13-23)19-30-34-27-11-6-22(20-39-21-37)18-28(27)36(30)16-17-38-2/h3-11,18,23,37H,12-17,19-21H2,1-2H3. The Morgan fingerprint density at radius 3 is 2.63 bits per heavy atom. The molecule has 6 rings (SSSR count). The highest BCUT2D eigenvalue weighted by atomic mass is 19.1. The highest BCUT2D eigenvalue weighted by molar-refractivity contribution is 5.77. The number of benzene rings is 3. The third-order valence-corrected chi connectivity index (χ3v) is 8.14. The molecule has 3 heterocycles. The largest absolute Gasteiger partial charge is 0.445 e. The van der Waals surface area contributed by atoms with E-state index in [9.17, 15) is 4.39 Å². The molecule has 2 aliphatic heterocycles. The second-order valence-corrected chi connectivity index (χ2v) is 10.9. The van der Waals surface area contributed by atoms with Gasteiger partial charge in [-0.15, -0.1) is 0 Å². The van der Waals surface area contributed by atoms with Gasteiger partial charge in [0.15, 0.2) is 11.5 Å². The van der Waals surface area contributed by atoms with Crippen LogP contribution in [0.3, 0.4) is 0 Å². The summed E-state index contributed by atoms with van der Waals surface area (Å²) < 4.78 is 39.0. The number of methoxy groups -OCH3 is 1. The smallest absolute Gasteiger partial charge is 0.275 e. The molecular weight excluding hydrogens is 525 g/mol. The molecule has 2 aliphatic rings. The molecule has 41 heavy (non-hydrogen) atoms. The predicted octanol–water partition coefficient (Wildman–Crippen LogP) is 5.31. The number of hydrogen-bond acceptors (Lipinski definition) is 7. The van der Waals surface area contributed by atoms with E-state index in [0.29, 0.717) is 25.7 Å². The lowest BCUT2D eigenvalue weighted by atomic mass is 9.88. The molecule has 1 fully saturated rings. The summed E-state index contributed by atoms with van der Waals surface area (Å²) in [6.45, 7) is 5.86. The number of likely N-dealkylation sites (tertiary alicyclic amines) is 1. The van der Waals surface area contributed by atoms with Gasteiger partial charge in [0.05, 0.1) is 30.8 Å². The van der Waals surface area contributed by atoms with Crippen LogP contribution in [0.15, 0.2) is 60.7 Å². The minimum atomic E-state index is -0.988. The molecule has 0 saturated carbocycles. The van der Waals surface area contributed by atoms with Crippen LogP contribution in [0.1, 0.15) is 48.2 Å². The Kier molecular flexibility index (Phi) is 7.94. The highest BCUT2D eigenvalue weighted by Crippen LogP contribution is 2.49. The van der Waals surface area contributed by atoms with Gasteiger partial charge in [-0.1, -0.05) is 18.2 Å². The maximum atomic E-state index is 13.5. The van der Waals surface area contributed by atoms with Gasteiger partial charge in [0.1, 0.15) is 18.4 Å². The molecule has 0 amide bonds. The zero-order valence-electron chi connectivity index (χ0n) is 23.5. The molecule has 3 aromatic carbocycles. The average molecular weight is 562 g/mol. The van der Waals surface area contributed by atoms with E-state index < -0.39 is 5.79 Å². The first-order valence-corrected chi connectivity index (χ1v) is 14.1. The van der Waals surface area contributed by atoms with Crippen molar-refractivity contribution >= 4 is 11.0 Å². The number of aromatic nitrogens is 2. The van der Waals surface area contributed by atoms with Crippen molar-refractivity contribution in [3.63, 3.8) is 0 Å².